The van der Waals surface area contributed by atoms with Crippen molar-refractivity contribution in [3.05, 3.63) is 35.4 Å². The molecule has 1 aromatic carbocycles. The number of hydrogen-bond donors (Lipinski definition) is 1. The van der Waals surface area contributed by atoms with Crippen LogP contribution in [0.2, 0.25) is 18.1 Å². The van der Waals surface area contributed by atoms with E-state index in [1.165, 1.54) is 0 Å². The minimum atomic E-state index is -1.74. The largest absolute Gasteiger partial charge is 0.417 e. The summed E-state index contributed by atoms with van der Waals surface area (Å²) in [6.45, 7) is 11.6. The van der Waals surface area contributed by atoms with Crippen LogP contribution in [-0.4, -0.2) is 20.0 Å². The number of benzene rings is 1. The molecule has 3 nitrogen and oxygen atoms in total. The zero-order valence-electron chi connectivity index (χ0n) is 13.1. The van der Waals surface area contributed by atoms with Gasteiger partial charge in [-0.05, 0) is 42.2 Å². The average Bonchev–Trinajstić information content (AvgIpc) is 2.37. The van der Waals surface area contributed by atoms with E-state index in [2.05, 4.69) is 39.9 Å². The second kappa shape index (κ2) is 6.53. The molecule has 0 saturated heterocycles. The van der Waals surface area contributed by atoms with E-state index in [0.717, 1.165) is 5.56 Å². The molecule has 0 aromatic heterocycles. The van der Waals surface area contributed by atoms with E-state index in [-0.39, 0.29) is 5.04 Å². The normalized spacial score (nSPS) is 13.8. The van der Waals surface area contributed by atoms with Crippen LogP contribution >= 0.6 is 0 Å². The average molecular weight is 291 g/mol. The second-order valence-corrected chi connectivity index (χ2v) is 11.5. The molecule has 0 heterocycles. The van der Waals surface area contributed by atoms with Crippen LogP contribution in [0.3, 0.4) is 0 Å². The summed E-state index contributed by atoms with van der Waals surface area (Å²) in [5.74, 6) is 0. The van der Waals surface area contributed by atoms with Gasteiger partial charge < -0.3 is 9.53 Å². The monoisotopic (exact) mass is 291 g/mol. The first kappa shape index (κ1) is 16.9. The number of aliphatic hydroxyl groups excluding tert-OH is 1. The van der Waals surface area contributed by atoms with Crippen molar-refractivity contribution >= 4 is 8.32 Å². The van der Waals surface area contributed by atoms with Gasteiger partial charge in [0.2, 0.25) is 0 Å². The molecule has 1 N–H and O–H groups in total. The summed E-state index contributed by atoms with van der Waals surface area (Å²) in [4.78, 5) is 0. The Hall–Kier alpha value is -1.15. The van der Waals surface area contributed by atoms with E-state index in [4.69, 9.17) is 9.69 Å². The summed E-state index contributed by atoms with van der Waals surface area (Å²) in [5, 5.41) is 19.1. The van der Waals surface area contributed by atoms with E-state index in [1.54, 1.807) is 24.3 Å². The Bertz CT molecular complexity index is 469. The Labute approximate surface area is 123 Å². The maximum Gasteiger partial charge on any atom is 0.191 e. The van der Waals surface area contributed by atoms with Gasteiger partial charge in [0.1, 0.15) is 0 Å². The third-order valence-corrected chi connectivity index (χ3v) is 8.62. The fraction of sp³-hybridized carbons (Fsp3) is 0.562. The van der Waals surface area contributed by atoms with Crippen LogP contribution < -0.4 is 0 Å². The van der Waals surface area contributed by atoms with Gasteiger partial charge in [-0.25, -0.2) is 0 Å². The number of hydrogen-bond acceptors (Lipinski definition) is 3. The molecule has 20 heavy (non-hydrogen) atoms. The van der Waals surface area contributed by atoms with Crippen LogP contribution in [0.5, 0.6) is 0 Å². The Morgan fingerprint density at radius 2 is 1.80 bits per heavy atom. The number of rotatable bonds is 5. The van der Waals surface area contributed by atoms with E-state index in [9.17, 15) is 5.11 Å². The quantitative estimate of drug-likeness (QED) is 0.834. The molecule has 1 unspecified atom stereocenters. The van der Waals surface area contributed by atoms with Gasteiger partial charge in [0.05, 0.1) is 17.7 Å². The maximum absolute atomic E-state index is 10.1. The predicted octanol–water partition coefficient (Wildman–Crippen LogP) is 4.00. The van der Waals surface area contributed by atoms with Crippen molar-refractivity contribution in [2.45, 2.75) is 51.4 Å². The van der Waals surface area contributed by atoms with Crippen molar-refractivity contribution in [2.24, 2.45) is 0 Å². The van der Waals surface area contributed by atoms with Gasteiger partial charge in [0.15, 0.2) is 8.32 Å². The molecule has 0 aliphatic carbocycles. The van der Waals surface area contributed by atoms with Crippen molar-refractivity contribution in [3.63, 3.8) is 0 Å². The van der Waals surface area contributed by atoms with Crippen LogP contribution in [0, 0.1) is 11.3 Å². The molecule has 0 saturated carbocycles. The van der Waals surface area contributed by atoms with Gasteiger partial charge in [-0.15, -0.1) is 0 Å². The van der Waals surface area contributed by atoms with E-state index < -0.39 is 14.4 Å². The van der Waals surface area contributed by atoms with Crippen molar-refractivity contribution in [1.29, 1.82) is 5.26 Å². The summed E-state index contributed by atoms with van der Waals surface area (Å²) in [6.07, 6.45) is 0.0470. The zero-order valence-corrected chi connectivity index (χ0v) is 14.1. The van der Waals surface area contributed by atoms with E-state index in [1.807, 2.05) is 0 Å². The maximum atomic E-state index is 10.1. The highest BCUT2D eigenvalue weighted by molar-refractivity contribution is 6.74. The smallest absolute Gasteiger partial charge is 0.191 e. The van der Waals surface area contributed by atoms with Gasteiger partial charge in [0, 0.05) is 6.61 Å². The lowest BCUT2D eigenvalue weighted by Gasteiger charge is -2.36. The molecule has 110 valence electrons. The zero-order chi connectivity index (χ0) is 15.4. The van der Waals surface area contributed by atoms with Crippen LogP contribution in [0.4, 0.5) is 0 Å². The second-order valence-electron chi connectivity index (χ2n) is 6.65. The number of nitriles is 1. The Morgan fingerprint density at radius 3 is 2.25 bits per heavy atom. The van der Waals surface area contributed by atoms with Crippen LogP contribution in [-0.2, 0) is 4.43 Å². The van der Waals surface area contributed by atoms with E-state index >= 15 is 0 Å². The highest BCUT2D eigenvalue weighted by atomic mass is 28.4. The molecule has 0 aliphatic heterocycles. The summed E-state index contributed by atoms with van der Waals surface area (Å²) >= 11 is 0. The minimum Gasteiger partial charge on any atom is -0.417 e. The Morgan fingerprint density at radius 1 is 1.25 bits per heavy atom. The lowest BCUT2D eigenvalue weighted by molar-refractivity contribution is 0.136. The topological polar surface area (TPSA) is 53.2 Å². The molecule has 1 aromatic rings. The fourth-order valence-corrected chi connectivity index (χ4v) is 2.65. The first-order valence-electron chi connectivity index (χ1n) is 6.99. The van der Waals surface area contributed by atoms with Crippen LogP contribution in [0.25, 0.3) is 0 Å². The van der Waals surface area contributed by atoms with Crippen LogP contribution in [0.15, 0.2) is 24.3 Å². The molecular weight excluding hydrogens is 266 g/mol. The Balaban J connectivity index is 2.51. The molecule has 0 fully saturated rings. The van der Waals surface area contributed by atoms with Gasteiger partial charge in [0.25, 0.3) is 0 Å². The van der Waals surface area contributed by atoms with Crippen molar-refractivity contribution < 1.29 is 9.53 Å². The minimum absolute atomic E-state index is 0.187. The molecule has 1 atom stereocenters. The lowest BCUT2D eigenvalue weighted by Crippen LogP contribution is -2.41. The van der Waals surface area contributed by atoms with Crippen molar-refractivity contribution in [2.75, 3.05) is 6.61 Å². The van der Waals surface area contributed by atoms with Gasteiger partial charge in [-0.3, -0.25) is 0 Å². The molecule has 0 radical (unpaired) electrons. The number of aliphatic hydroxyl groups is 1. The molecule has 4 heteroatoms. The molecule has 0 amide bonds. The van der Waals surface area contributed by atoms with Gasteiger partial charge in [-0.1, -0.05) is 32.9 Å². The fourth-order valence-electron chi connectivity index (χ4n) is 1.59. The molecular formula is C16H25NO2Si. The van der Waals surface area contributed by atoms with Gasteiger partial charge in [-0.2, -0.15) is 5.26 Å². The predicted molar refractivity (Wildman–Crippen MR) is 83.9 cm³/mol. The molecule has 0 spiro atoms. The first-order chi connectivity index (χ1) is 9.17. The highest BCUT2D eigenvalue weighted by Crippen LogP contribution is 2.36. The number of nitrogens with zero attached hydrogens (tertiary/aromatic N) is 1. The van der Waals surface area contributed by atoms with Crippen LogP contribution in [0.1, 0.15) is 44.4 Å². The summed E-state index contributed by atoms with van der Waals surface area (Å²) < 4.78 is 6.06. The first-order valence-corrected chi connectivity index (χ1v) is 9.90. The van der Waals surface area contributed by atoms with Crippen molar-refractivity contribution in [1.82, 2.24) is 0 Å². The molecule has 0 bridgehead atoms. The molecule has 1 rings (SSSR count). The standard InChI is InChI=1S/C16H25NO2Si/c1-16(2,3)20(4,5)19-11-10-15(18)14-8-6-13(12-17)7-9-14/h6-9,15,18H,10-11H2,1-5H3. The summed E-state index contributed by atoms with van der Waals surface area (Å²) in [6, 6.07) is 9.13. The molecule has 0 aliphatic rings. The third kappa shape index (κ3) is 4.45. The van der Waals surface area contributed by atoms with Crippen molar-refractivity contribution in [3.8, 4) is 6.07 Å². The van der Waals surface area contributed by atoms with Gasteiger partial charge >= 0.3 is 0 Å². The lowest BCUT2D eigenvalue weighted by atomic mass is 10.1. The Kier molecular flexibility index (Phi) is 5.52. The highest BCUT2D eigenvalue weighted by Gasteiger charge is 2.36. The summed E-state index contributed by atoms with van der Waals surface area (Å²) in [7, 11) is -1.74. The summed E-state index contributed by atoms with van der Waals surface area (Å²) in [5.41, 5.74) is 1.45. The van der Waals surface area contributed by atoms with E-state index in [0.29, 0.717) is 18.6 Å². The third-order valence-electron chi connectivity index (χ3n) is 4.08. The SMILES string of the molecule is CC(C)(C)[Si](C)(C)OCCC(O)c1ccc(C#N)cc1.